The second-order valence-corrected chi connectivity index (χ2v) is 5.59. The Morgan fingerprint density at radius 3 is 2.79 bits per heavy atom. The number of aliphatic hydroxyl groups is 1. The summed E-state index contributed by atoms with van der Waals surface area (Å²) in [6.07, 6.45) is 4.04. The van der Waals surface area contributed by atoms with Gasteiger partial charge in [-0.25, -0.2) is 4.39 Å². The van der Waals surface area contributed by atoms with Crippen LogP contribution in [0, 0.1) is 17.1 Å². The first-order valence-corrected chi connectivity index (χ1v) is 7.41. The average Bonchev–Trinajstić information content (AvgIpc) is 3.15. The molecule has 1 aromatic carbocycles. The van der Waals surface area contributed by atoms with Crippen LogP contribution in [0.25, 0.3) is 11.3 Å². The quantitative estimate of drug-likeness (QED) is 0.799. The van der Waals surface area contributed by atoms with Crippen LogP contribution in [0.15, 0.2) is 36.8 Å². The molecule has 6 nitrogen and oxygen atoms in total. The molecule has 0 aliphatic rings. The maximum Gasteiger partial charge on any atom is 0.123 e. The Kier molecular flexibility index (Phi) is 4.15. The van der Waals surface area contributed by atoms with Gasteiger partial charge in [-0.15, -0.1) is 0 Å². The van der Waals surface area contributed by atoms with E-state index in [2.05, 4.69) is 10.2 Å². The van der Waals surface area contributed by atoms with Crippen molar-refractivity contribution in [2.45, 2.75) is 19.6 Å². The van der Waals surface area contributed by atoms with Crippen LogP contribution in [0.3, 0.4) is 0 Å². The molecule has 0 radical (unpaired) electrons. The molecule has 0 fully saturated rings. The van der Waals surface area contributed by atoms with Gasteiger partial charge < -0.3 is 5.11 Å². The van der Waals surface area contributed by atoms with Gasteiger partial charge in [-0.05, 0) is 30.7 Å². The minimum absolute atomic E-state index is 0.399. The molecule has 0 amide bonds. The Balaban J connectivity index is 2.07. The van der Waals surface area contributed by atoms with Gasteiger partial charge in [-0.3, -0.25) is 9.36 Å². The topological polar surface area (TPSA) is 79.7 Å². The molecule has 0 aliphatic carbocycles. The van der Waals surface area contributed by atoms with Gasteiger partial charge in [0.05, 0.1) is 36.3 Å². The van der Waals surface area contributed by atoms with Crippen molar-refractivity contribution in [2.75, 3.05) is 0 Å². The van der Waals surface area contributed by atoms with Gasteiger partial charge in [0.2, 0.25) is 0 Å². The number of aromatic nitrogens is 4. The zero-order valence-corrected chi connectivity index (χ0v) is 13.3. The molecule has 1 N–H and O–H groups in total. The van der Waals surface area contributed by atoms with Gasteiger partial charge in [-0.1, -0.05) is 0 Å². The number of aryl methyl sites for hydroxylation is 1. The maximum absolute atomic E-state index is 13.6. The van der Waals surface area contributed by atoms with Crippen molar-refractivity contribution >= 4 is 0 Å². The Morgan fingerprint density at radius 1 is 1.33 bits per heavy atom. The summed E-state index contributed by atoms with van der Waals surface area (Å²) in [6.45, 7) is 2.02. The van der Waals surface area contributed by atoms with E-state index in [0.29, 0.717) is 23.2 Å². The standard InChI is InChI=1S/C17H16FN5O/c1-11(24)16-5-14(18)3-4-15(16)17-13(8-20-22(17)2)10-23-9-12(6-19)7-21-23/h3-5,7-9,11,24H,10H2,1-2H3. The summed E-state index contributed by atoms with van der Waals surface area (Å²) < 4.78 is 16.9. The normalized spacial score (nSPS) is 12.1. The van der Waals surface area contributed by atoms with E-state index in [1.807, 2.05) is 6.07 Å². The summed E-state index contributed by atoms with van der Waals surface area (Å²) in [6, 6.07) is 6.37. The SMILES string of the molecule is CC(O)c1cc(F)ccc1-c1c(Cn2cc(C#N)cn2)cnn1C. The number of halogens is 1. The monoisotopic (exact) mass is 325 g/mol. The van der Waals surface area contributed by atoms with E-state index in [0.717, 1.165) is 11.3 Å². The van der Waals surface area contributed by atoms with Gasteiger partial charge in [0.25, 0.3) is 0 Å². The second kappa shape index (κ2) is 6.26. The highest BCUT2D eigenvalue weighted by molar-refractivity contribution is 5.68. The van der Waals surface area contributed by atoms with Crippen LogP contribution < -0.4 is 0 Å². The third-order valence-corrected chi connectivity index (χ3v) is 3.83. The smallest absolute Gasteiger partial charge is 0.123 e. The van der Waals surface area contributed by atoms with Crippen molar-refractivity contribution in [2.24, 2.45) is 7.05 Å². The van der Waals surface area contributed by atoms with Crippen molar-refractivity contribution in [1.82, 2.24) is 19.6 Å². The Bertz CT molecular complexity index is 919. The fourth-order valence-corrected chi connectivity index (χ4v) is 2.72. The molecule has 0 aliphatic heterocycles. The summed E-state index contributed by atoms with van der Waals surface area (Å²) in [5, 5.41) is 27.3. The molecule has 0 saturated heterocycles. The molecule has 122 valence electrons. The lowest BCUT2D eigenvalue weighted by Gasteiger charge is -2.14. The van der Waals surface area contributed by atoms with E-state index >= 15 is 0 Å². The van der Waals surface area contributed by atoms with Gasteiger partial charge in [0, 0.05) is 24.4 Å². The molecular weight excluding hydrogens is 309 g/mol. The van der Waals surface area contributed by atoms with E-state index in [1.54, 1.807) is 41.8 Å². The third kappa shape index (κ3) is 2.92. The van der Waals surface area contributed by atoms with Crippen LogP contribution in [-0.2, 0) is 13.6 Å². The van der Waals surface area contributed by atoms with Crippen molar-refractivity contribution in [3.05, 3.63) is 59.3 Å². The van der Waals surface area contributed by atoms with Crippen molar-refractivity contribution in [3.63, 3.8) is 0 Å². The van der Waals surface area contributed by atoms with Gasteiger partial charge in [0.1, 0.15) is 11.9 Å². The molecule has 0 bridgehead atoms. The number of aliphatic hydroxyl groups excluding tert-OH is 1. The van der Waals surface area contributed by atoms with Crippen molar-refractivity contribution in [1.29, 1.82) is 5.26 Å². The first-order valence-electron chi connectivity index (χ1n) is 7.41. The molecule has 0 spiro atoms. The molecular formula is C17H16FN5O. The second-order valence-electron chi connectivity index (χ2n) is 5.59. The fraction of sp³-hybridized carbons (Fsp3) is 0.235. The first kappa shape index (κ1) is 15.9. The zero-order chi connectivity index (χ0) is 17.3. The highest BCUT2D eigenvalue weighted by Crippen LogP contribution is 2.31. The molecule has 3 rings (SSSR count). The van der Waals surface area contributed by atoms with Gasteiger partial charge in [-0.2, -0.15) is 15.5 Å². The summed E-state index contributed by atoms with van der Waals surface area (Å²) in [5.41, 5.74) is 3.33. The molecule has 1 unspecified atom stereocenters. The summed E-state index contributed by atoms with van der Waals surface area (Å²) in [4.78, 5) is 0. The molecule has 2 heterocycles. The van der Waals surface area contributed by atoms with Crippen LogP contribution in [0.1, 0.15) is 29.7 Å². The van der Waals surface area contributed by atoms with Gasteiger partial charge in [0.15, 0.2) is 0 Å². The number of nitriles is 1. The number of hydrogen-bond donors (Lipinski definition) is 1. The Labute approximate surface area is 138 Å². The van der Waals surface area contributed by atoms with E-state index in [9.17, 15) is 9.50 Å². The molecule has 3 aromatic rings. The highest BCUT2D eigenvalue weighted by atomic mass is 19.1. The molecule has 7 heteroatoms. The minimum Gasteiger partial charge on any atom is -0.389 e. The number of nitrogens with zero attached hydrogens (tertiary/aromatic N) is 5. The van der Waals surface area contributed by atoms with Crippen molar-refractivity contribution in [3.8, 4) is 17.3 Å². The first-order chi connectivity index (χ1) is 11.5. The van der Waals surface area contributed by atoms with Crippen LogP contribution >= 0.6 is 0 Å². The third-order valence-electron chi connectivity index (χ3n) is 3.83. The van der Waals surface area contributed by atoms with Crippen LogP contribution in [0.2, 0.25) is 0 Å². The molecule has 1 atom stereocenters. The predicted molar refractivity (Wildman–Crippen MR) is 85.3 cm³/mol. The largest absolute Gasteiger partial charge is 0.389 e. The molecule has 0 saturated carbocycles. The zero-order valence-electron chi connectivity index (χ0n) is 13.3. The number of benzene rings is 1. The number of hydrogen-bond acceptors (Lipinski definition) is 4. The Morgan fingerprint density at radius 2 is 2.12 bits per heavy atom. The van der Waals surface area contributed by atoms with E-state index in [1.165, 1.54) is 18.3 Å². The molecule has 2 aromatic heterocycles. The molecule has 24 heavy (non-hydrogen) atoms. The highest BCUT2D eigenvalue weighted by Gasteiger charge is 2.18. The summed E-state index contributed by atoms with van der Waals surface area (Å²) in [7, 11) is 1.79. The van der Waals surface area contributed by atoms with E-state index in [4.69, 9.17) is 5.26 Å². The van der Waals surface area contributed by atoms with Crippen LogP contribution in [0.5, 0.6) is 0 Å². The lowest BCUT2D eigenvalue weighted by Crippen LogP contribution is -2.05. The lowest BCUT2D eigenvalue weighted by molar-refractivity contribution is 0.199. The number of rotatable bonds is 4. The van der Waals surface area contributed by atoms with Gasteiger partial charge >= 0.3 is 0 Å². The Hall–Kier alpha value is -2.98. The summed E-state index contributed by atoms with van der Waals surface area (Å²) >= 11 is 0. The minimum atomic E-state index is -0.812. The predicted octanol–water partition coefficient (Wildman–Crippen LogP) is 2.40. The van der Waals surface area contributed by atoms with Crippen LogP contribution in [-0.4, -0.2) is 24.7 Å². The van der Waals surface area contributed by atoms with Crippen LogP contribution in [0.4, 0.5) is 4.39 Å². The lowest BCUT2D eigenvalue weighted by atomic mass is 9.98. The average molecular weight is 325 g/mol. The summed E-state index contributed by atoms with van der Waals surface area (Å²) in [5.74, 6) is -0.399. The van der Waals surface area contributed by atoms with E-state index < -0.39 is 11.9 Å². The fourth-order valence-electron chi connectivity index (χ4n) is 2.72. The van der Waals surface area contributed by atoms with Crippen molar-refractivity contribution < 1.29 is 9.50 Å². The maximum atomic E-state index is 13.6. The van der Waals surface area contributed by atoms with E-state index in [-0.39, 0.29) is 0 Å².